The number of phenols is 1. The molecule has 0 amide bonds. The molecule has 9 nitrogen and oxygen atoms in total. The van der Waals surface area contributed by atoms with Gasteiger partial charge in [0.15, 0.2) is 22.8 Å². The number of aliphatic hydroxyl groups excluding tert-OH is 2. The van der Waals surface area contributed by atoms with Crippen molar-refractivity contribution >= 4 is 23.2 Å². The summed E-state index contributed by atoms with van der Waals surface area (Å²) in [5.74, 6) is -3.48. The molecule has 2 aliphatic carbocycles. The van der Waals surface area contributed by atoms with Crippen LogP contribution in [0, 0.1) is 0 Å². The molecule has 1 spiro atoms. The van der Waals surface area contributed by atoms with E-state index in [1.807, 2.05) is 0 Å². The van der Waals surface area contributed by atoms with Gasteiger partial charge < -0.3 is 30.5 Å². The molecule has 0 radical (unpaired) electrons. The van der Waals surface area contributed by atoms with Gasteiger partial charge in [0.05, 0.1) is 22.9 Å². The van der Waals surface area contributed by atoms with Crippen molar-refractivity contribution in [2.75, 3.05) is 5.32 Å². The maximum atomic E-state index is 13.7. The fourth-order valence-corrected chi connectivity index (χ4v) is 6.52. The number of hydrogen-bond donors (Lipinski definition) is 5. The summed E-state index contributed by atoms with van der Waals surface area (Å²) in [6.07, 6.45) is -1.70. The van der Waals surface area contributed by atoms with Crippen molar-refractivity contribution in [1.29, 1.82) is 0 Å². The normalized spacial score (nSPS) is 28.8. The highest BCUT2D eigenvalue weighted by atomic mass is 16.6. The number of benzene rings is 3. The molecule has 2 heterocycles. The lowest BCUT2D eigenvalue weighted by Gasteiger charge is -2.58. The summed E-state index contributed by atoms with van der Waals surface area (Å²) in [5, 5.41) is 48.9. The molecule has 0 aromatic heterocycles. The quantitative estimate of drug-likeness (QED) is 0.182. The summed E-state index contributed by atoms with van der Waals surface area (Å²) < 4.78 is 5.69. The first-order chi connectivity index (χ1) is 17.6. The number of fused-ring (bicyclic) bond motifs is 7. The third-order valence-corrected chi connectivity index (χ3v) is 8.21. The third-order valence-electron chi connectivity index (χ3n) is 8.21. The largest absolute Gasteiger partial charge is 0.507 e. The summed E-state index contributed by atoms with van der Waals surface area (Å²) in [4.78, 5) is 39.7. The van der Waals surface area contributed by atoms with Crippen molar-refractivity contribution in [1.82, 2.24) is 0 Å². The SMILES string of the molecule is CC1=C(O)C(=O)O[C@]12[C@H]1Nc3c(cc(O)c4c3C(=O)c3ccccc3C4=O)[C@]2(O)[C@H](O)c2ccccc21. The smallest absolute Gasteiger partial charge is 0.374 e. The maximum Gasteiger partial charge on any atom is 0.374 e. The van der Waals surface area contributed by atoms with Crippen LogP contribution in [0.1, 0.15) is 67.6 Å². The topological polar surface area (TPSA) is 153 Å². The van der Waals surface area contributed by atoms with Gasteiger partial charge in [-0.1, -0.05) is 48.5 Å². The predicted octanol–water partition coefficient (Wildman–Crippen LogP) is 2.70. The molecule has 184 valence electrons. The zero-order valence-corrected chi connectivity index (χ0v) is 19.3. The van der Waals surface area contributed by atoms with Crippen molar-refractivity contribution < 1.29 is 39.5 Å². The Hall–Kier alpha value is -4.47. The number of aliphatic hydroxyl groups is 3. The van der Waals surface area contributed by atoms with E-state index in [1.54, 1.807) is 36.4 Å². The van der Waals surface area contributed by atoms with E-state index < -0.39 is 52.4 Å². The molecule has 37 heavy (non-hydrogen) atoms. The van der Waals surface area contributed by atoms with Gasteiger partial charge in [-0.3, -0.25) is 9.59 Å². The van der Waals surface area contributed by atoms with Gasteiger partial charge in [-0.05, 0) is 24.1 Å². The second-order valence-electron chi connectivity index (χ2n) is 9.75. The number of esters is 1. The van der Waals surface area contributed by atoms with E-state index in [0.717, 1.165) is 6.07 Å². The molecular weight excluding hydrogens is 478 g/mol. The van der Waals surface area contributed by atoms with Crippen LogP contribution in [-0.4, -0.2) is 43.6 Å². The van der Waals surface area contributed by atoms with Gasteiger partial charge in [-0.2, -0.15) is 0 Å². The van der Waals surface area contributed by atoms with Gasteiger partial charge in [-0.15, -0.1) is 0 Å². The molecule has 5 N–H and O–H groups in total. The van der Waals surface area contributed by atoms with E-state index in [4.69, 9.17) is 4.74 Å². The summed E-state index contributed by atoms with van der Waals surface area (Å²) in [6.45, 7) is 1.41. The van der Waals surface area contributed by atoms with Gasteiger partial charge in [0.2, 0.25) is 5.76 Å². The van der Waals surface area contributed by atoms with E-state index in [9.17, 15) is 34.8 Å². The number of aromatic hydroxyl groups is 1. The molecule has 0 fully saturated rings. The van der Waals surface area contributed by atoms with Crippen LogP contribution in [0.3, 0.4) is 0 Å². The molecule has 7 rings (SSSR count). The Morgan fingerprint density at radius 1 is 0.892 bits per heavy atom. The monoisotopic (exact) mass is 497 g/mol. The second kappa shape index (κ2) is 6.64. The van der Waals surface area contributed by atoms with Gasteiger partial charge >= 0.3 is 5.97 Å². The molecule has 0 saturated carbocycles. The minimum atomic E-state index is -2.45. The number of anilines is 1. The Kier molecular flexibility index (Phi) is 3.91. The van der Waals surface area contributed by atoms with Crippen molar-refractivity contribution in [3.63, 3.8) is 0 Å². The van der Waals surface area contributed by atoms with Crippen LogP contribution < -0.4 is 5.32 Å². The molecule has 9 heteroatoms. The zero-order chi connectivity index (χ0) is 26.0. The number of ether oxygens (including phenoxy) is 1. The maximum absolute atomic E-state index is 13.7. The van der Waals surface area contributed by atoms with Crippen molar-refractivity contribution in [2.24, 2.45) is 0 Å². The number of nitrogens with one attached hydrogen (secondary N) is 1. The van der Waals surface area contributed by atoms with Crippen molar-refractivity contribution in [3.05, 3.63) is 105 Å². The average Bonchev–Trinajstić information content (AvgIpc) is 3.12. The minimum Gasteiger partial charge on any atom is -0.507 e. The van der Waals surface area contributed by atoms with Crippen LogP contribution in [0.15, 0.2) is 65.9 Å². The lowest BCUT2D eigenvalue weighted by atomic mass is 9.56. The van der Waals surface area contributed by atoms with Gasteiger partial charge in [0.1, 0.15) is 11.9 Å². The fraction of sp³-hybridized carbons (Fsp3) is 0.179. The second-order valence-corrected chi connectivity index (χ2v) is 9.75. The number of rotatable bonds is 0. The summed E-state index contributed by atoms with van der Waals surface area (Å²) in [6, 6.07) is 12.9. The van der Waals surface area contributed by atoms with Crippen LogP contribution in [0.5, 0.6) is 5.75 Å². The van der Waals surface area contributed by atoms with E-state index in [0.29, 0.717) is 11.1 Å². The lowest BCUT2D eigenvalue weighted by Crippen LogP contribution is -2.66. The Bertz CT molecular complexity index is 1670. The lowest BCUT2D eigenvalue weighted by molar-refractivity contribution is -0.225. The minimum absolute atomic E-state index is 0.0262. The Morgan fingerprint density at radius 2 is 1.49 bits per heavy atom. The summed E-state index contributed by atoms with van der Waals surface area (Å²) in [7, 11) is 0. The Morgan fingerprint density at radius 3 is 2.11 bits per heavy atom. The highest BCUT2D eigenvalue weighted by Gasteiger charge is 2.73. The van der Waals surface area contributed by atoms with Crippen LogP contribution in [0.4, 0.5) is 5.69 Å². The molecule has 3 aromatic rings. The summed E-state index contributed by atoms with van der Waals surface area (Å²) >= 11 is 0. The number of carbonyl (C=O) groups excluding carboxylic acids is 3. The Labute approximate surface area is 209 Å². The van der Waals surface area contributed by atoms with E-state index in [1.165, 1.54) is 19.1 Å². The highest BCUT2D eigenvalue weighted by molar-refractivity contribution is 6.31. The first-order valence-electron chi connectivity index (χ1n) is 11.6. The zero-order valence-electron chi connectivity index (χ0n) is 19.3. The number of ketones is 2. The standard InChI is InChI=1S/C28H19NO8/c1-11-21(31)26(35)37-28(11)24-14-8-4-5-9-15(14)25(34)27(28,36)16-10-17(30)18-19(20(16)29-24)23(33)13-7-3-2-6-12(13)22(18)32/h2-10,24-25,29-31,34,36H,1H3/t24-,25+,27-,28-/m0/s1. The predicted molar refractivity (Wildman–Crippen MR) is 127 cm³/mol. The van der Waals surface area contributed by atoms with Crippen LogP contribution >= 0.6 is 0 Å². The molecule has 4 atom stereocenters. The molecular formula is C28H19NO8. The van der Waals surface area contributed by atoms with Crippen LogP contribution in [0.25, 0.3) is 0 Å². The average molecular weight is 497 g/mol. The van der Waals surface area contributed by atoms with E-state index in [2.05, 4.69) is 5.32 Å². The molecule has 2 aliphatic heterocycles. The highest BCUT2D eigenvalue weighted by Crippen LogP contribution is 2.66. The Balaban J connectivity index is 1.60. The van der Waals surface area contributed by atoms with Crippen LogP contribution in [0.2, 0.25) is 0 Å². The molecule has 3 aromatic carbocycles. The first kappa shape index (κ1) is 21.8. The molecule has 4 aliphatic rings. The van der Waals surface area contributed by atoms with Crippen LogP contribution in [-0.2, 0) is 15.1 Å². The van der Waals surface area contributed by atoms with Gasteiger partial charge in [0.25, 0.3) is 0 Å². The summed E-state index contributed by atoms with van der Waals surface area (Å²) in [5.41, 5.74) is -3.93. The van der Waals surface area contributed by atoms with E-state index in [-0.39, 0.29) is 39.1 Å². The van der Waals surface area contributed by atoms with Gasteiger partial charge in [-0.25, -0.2) is 4.79 Å². The molecule has 0 saturated heterocycles. The third kappa shape index (κ3) is 2.21. The number of hydrogen-bond acceptors (Lipinski definition) is 9. The van der Waals surface area contributed by atoms with Gasteiger partial charge in [0, 0.05) is 22.3 Å². The van der Waals surface area contributed by atoms with E-state index >= 15 is 0 Å². The first-order valence-corrected chi connectivity index (χ1v) is 11.6. The number of phenolic OH excluding ortho intramolecular Hbond substituents is 1. The fourth-order valence-electron chi connectivity index (χ4n) is 6.52. The van der Waals surface area contributed by atoms with Crippen molar-refractivity contribution in [2.45, 2.75) is 30.3 Å². The van der Waals surface area contributed by atoms with Crippen molar-refractivity contribution in [3.8, 4) is 5.75 Å². The number of carbonyl (C=O) groups is 3. The molecule has 2 bridgehead atoms. The molecule has 0 unspecified atom stereocenters.